The first-order valence-electron chi connectivity index (χ1n) is 9.83. The smallest absolute Gasteiger partial charge is 0.200 e. The Kier molecular flexibility index (Phi) is 7.03. The molecule has 0 saturated heterocycles. The molecular formula is C22H25BF2N2O2. The molecule has 3 unspecified atom stereocenters. The van der Waals surface area contributed by atoms with Gasteiger partial charge in [0.25, 0.3) is 0 Å². The van der Waals surface area contributed by atoms with Crippen molar-refractivity contribution in [3.05, 3.63) is 70.8 Å². The Morgan fingerprint density at radius 1 is 1.24 bits per heavy atom. The highest BCUT2D eigenvalue weighted by atomic mass is 19.1. The zero-order chi connectivity index (χ0) is 21.0. The highest BCUT2D eigenvalue weighted by molar-refractivity contribution is 6.57. The highest BCUT2D eigenvalue weighted by Gasteiger charge is 2.28. The molecule has 0 spiro atoms. The van der Waals surface area contributed by atoms with Crippen molar-refractivity contribution in [2.24, 2.45) is 5.92 Å². The van der Waals surface area contributed by atoms with Gasteiger partial charge in [-0.3, -0.25) is 4.79 Å². The molecule has 0 bridgehead atoms. The molecular weight excluding hydrogens is 373 g/mol. The molecule has 1 amide bonds. The Bertz CT molecular complexity index is 844. The third-order valence-corrected chi connectivity index (χ3v) is 5.55. The maximum atomic E-state index is 13.5. The van der Waals surface area contributed by atoms with Crippen molar-refractivity contribution in [1.29, 1.82) is 0 Å². The average Bonchev–Trinajstić information content (AvgIpc) is 2.65. The van der Waals surface area contributed by atoms with E-state index in [1.54, 1.807) is 0 Å². The van der Waals surface area contributed by atoms with Crippen molar-refractivity contribution in [2.75, 3.05) is 6.54 Å². The van der Waals surface area contributed by atoms with E-state index in [0.717, 1.165) is 18.9 Å². The molecule has 0 fully saturated rings. The fraction of sp³-hybridized carbons (Fsp3) is 0.409. The number of aliphatic hydroxyl groups is 1. The Morgan fingerprint density at radius 2 is 1.93 bits per heavy atom. The van der Waals surface area contributed by atoms with Crippen LogP contribution in [0.1, 0.15) is 36.1 Å². The minimum Gasteiger partial charge on any atom is -0.390 e. The van der Waals surface area contributed by atoms with E-state index in [2.05, 4.69) is 29.7 Å². The molecule has 29 heavy (non-hydrogen) atoms. The molecule has 2 aromatic rings. The molecule has 152 valence electrons. The molecule has 0 saturated carbocycles. The highest BCUT2D eigenvalue weighted by Crippen LogP contribution is 2.34. The second-order valence-corrected chi connectivity index (χ2v) is 7.76. The van der Waals surface area contributed by atoms with E-state index < -0.39 is 29.6 Å². The summed E-state index contributed by atoms with van der Waals surface area (Å²) in [4.78, 5) is 11.4. The maximum absolute atomic E-state index is 13.5. The first kappa shape index (κ1) is 21.5. The number of aliphatic hydroxyl groups excluding tert-OH is 1. The Balaban J connectivity index is 1.70. The normalized spacial score (nSPS) is 20.6. The average molecular weight is 398 g/mol. The van der Waals surface area contributed by atoms with Crippen LogP contribution >= 0.6 is 0 Å². The summed E-state index contributed by atoms with van der Waals surface area (Å²) in [7, 11) is 5.24. The van der Waals surface area contributed by atoms with Crippen LogP contribution in [0.3, 0.4) is 0 Å². The fourth-order valence-corrected chi connectivity index (χ4v) is 4.07. The van der Waals surface area contributed by atoms with Crippen LogP contribution in [0.25, 0.3) is 0 Å². The van der Waals surface area contributed by atoms with Crippen LogP contribution in [-0.2, 0) is 12.8 Å². The lowest BCUT2D eigenvalue weighted by atomic mass is 9.80. The summed E-state index contributed by atoms with van der Waals surface area (Å²) >= 11 is 0. The topological polar surface area (TPSA) is 61.4 Å². The van der Waals surface area contributed by atoms with E-state index in [4.69, 9.17) is 7.85 Å². The number of carbonyl (C=O) groups excluding carboxylic acids is 1. The minimum atomic E-state index is -0.991. The molecule has 0 aliphatic heterocycles. The predicted molar refractivity (Wildman–Crippen MR) is 109 cm³/mol. The molecule has 0 aromatic heterocycles. The molecule has 3 rings (SSSR count). The largest absolute Gasteiger partial charge is 0.390 e. The van der Waals surface area contributed by atoms with Gasteiger partial charge in [0.15, 0.2) is 5.81 Å². The minimum absolute atomic E-state index is 0.0529. The monoisotopic (exact) mass is 398 g/mol. The van der Waals surface area contributed by atoms with E-state index in [0.29, 0.717) is 11.5 Å². The first-order chi connectivity index (χ1) is 13.8. The number of fused-ring (bicyclic) bond motifs is 1. The first-order valence-corrected chi connectivity index (χ1v) is 9.83. The number of carbonyl (C=O) groups is 1. The zero-order valence-electron chi connectivity index (χ0n) is 16.4. The van der Waals surface area contributed by atoms with Gasteiger partial charge >= 0.3 is 0 Å². The SMILES string of the molecule is [B]C(=O)NC(Cc1cc(F)cc(F)c1)[C@H](O)CNC1c2ccccc2CCC1C. The van der Waals surface area contributed by atoms with E-state index in [1.165, 1.54) is 23.3 Å². The van der Waals surface area contributed by atoms with Gasteiger partial charge in [-0.2, -0.15) is 0 Å². The summed E-state index contributed by atoms with van der Waals surface area (Å²) in [6.07, 6.45) is 1.12. The quantitative estimate of drug-likeness (QED) is 0.629. The molecule has 0 heterocycles. The van der Waals surface area contributed by atoms with E-state index >= 15 is 0 Å². The van der Waals surface area contributed by atoms with Crippen LogP contribution in [0, 0.1) is 17.6 Å². The van der Waals surface area contributed by atoms with Gasteiger partial charge in [0.2, 0.25) is 7.85 Å². The summed E-state index contributed by atoms with van der Waals surface area (Å²) < 4.78 is 27.0. The van der Waals surface area contributed by atoms with Crippen LogP contribution in [0.5, 0.6) is 0 Å². The summed E-state index contributed by atoms with van der Waals surface area (Å²) in [6.45, 7) is 2.36. The summed E-state index contributed by atoms with van der Waals surface area (Å²) in [5, 5.41) is 16.6. The molecule has 7 heteroatoms. The Hall–Kier alpha value is -2.25. The van der Waals surface area contributed by atoms with Gasteiger partial charge < -0.3 is 15.7 Å². The summed E-state index contributed by atoms with van der Waals surface area (Å²) in [5.74, 6) is -1.84. The van der Waals surface area contributed by atoms with Gasteiger partial charge in [0.1, 0.15) is 11.6 Å². The van der Waals surface area contributed by atoms with Crippen LogP contribution < -0.4 is 10.6 Å². The van der Waals surface area contributed by atoms with Gasteiger partial charge in [-0.25, -0.2) is 8.78 Å². The van der Waals surface area contributed by atoms with Crippen molar-refractivity contribution in [2.45, 2.75) is 44.4 Å². The number of hydrogen-bond acceptors (Lipinski definition) is 3. The number of benzene rings is 2. The molecule has 2 aromatic carbocycles. The van der Waals surface area contributed by atoms with Crippen LogP contribution in [0.4, 0.5) is 13.6 Å². The zero-order valence-corrected chi connectivity index (χ0v) is 16.4. The number of halogens is 2. The van der Waals surface area contributed by atoms with E-state index in [1.807, 2.05) is 12.1 Å². The number of hydrogen-bond donors (Lipinski definition) is 3. The predicted octanol–water partition coefficient (Wildman–Crippen LogP) is 3.03. The molecule has 3 N–H and O–H groups in total. The summed E-state index contributed by atoms with van der Waals surface area (Å²) in [6, 6.07) is 10.7. The van der Waals surface area contributed by atoms with Gasteiger partial charge in [-0.15, -0.1) is 0 Å². The van der Waals surface area contributed by atoms with Crippen molar-refractivity contribution < 1.29 is 18.7 Å². The van der Waals surface area contributed by atoms with E-state index in [-0.39, 0.29) is 19.0 Å². The fourth-order valence-electron chi connectivity index (χ4n) is 4.07. The molecule has 1 aliphatic carbocycles. The maximum Gasteiger partial charge on any atom is 0.200 e. The number of rotatable bonds is 7. The van der Waals surface area contributed by atoms with Crippen LogP contribution in [-0.4, -0.2) is 37.4 Å². The Labute approximate surface area is 171 Å². The molecule has 2 radical (unpaired) electrons. The van der Waals surface area contributed by atoms with Gasteiger partial charge in [0.05, 0.1) is 12.1 Å². The summed E-state index contributed by atoms with van der Waals surface area (Å²) in [5.41, 5.74) is 2.83. The molecule has 4 atom stereocenters. The third kappa shape index (κ3) is 5.64. The molecule has 4 nitrogen and oxygen atoms in total. The van der Waals surface area contributed by atoms with Crippen LogP contribution in [0.15, 0.2) is 42.5 Å². The van der Waals surface area contributed by atoms with Crippen molar-refractivity contribution in [3.8, 4) is 0 Å². The third-order valence-electron chi connectivity index (χ3n) is 5.55. The number of nitrogens with one attached hydrogen (secondary N) is 2. The second kappa shape index (κ2) is 9.50. The van der Waals surface area contributed by atoms with Gasteiger partial charge in [-0.05, 0) is 54.0 Å². The van der Waals surface area contributed by atoms with Crippen molar-refractivity contribution >= 4 is 13.7 Å². The van der Waals surface area contributed by atoms with Gasteiger partial charge in [0, 0.05) is 18.7 Å². The molecule has 1 aliphatic rings. The lowest BCUT2D eigenvalue weighted by Gasteiger charge is -2.34. The van der Waals surface area contributed by atoms with Crippen molar-refractivity contribution in [3.63, 3.8) is 0 Å². The van der Waals surface area contributed by atoms with Crippen LogP contribution in [0.2, 0.25) is 0 Å². The lowest BCUT2D eigenvalue weighted by Crippen LogP contribution is -2.49. The number of amides is 1. The Morgan fingerprint density at radius 3 is 2.62 bits per heavy atom. The lowest BCUT2D eigenvalue weighted by molar-refractivity contribution is 0.121. The van der Waals surface area contributed by atoms with Crippen molar-refractivity contribution in [1.82, 2.24) is 10.6 Å². The number of aryl methyl sites for hydroxylation is 1. The second-order valence-electron chi connectivity index (χ2n) is 7.76. The van der Waals surface area contributed by atoms with E-state index in [9.17, 15) is 18.7 Å². The van der Waals surface area contributed by atoms with Gasteiger partial charge in [-0.1, -0.05) is 31.2 Å². The standard InChI is InChI=1S/C22H25BF2N2O2/c1-13-6-7-15-4-2-3-5-18(15)21(13)26-12-20(28)19(27-22(23)29)10-14-8-16(24)11-17(25)9-14/h2-5,8-9,11,13,19-21,26,28H,6-7,10,12H2,1H3,(H,27,29)/t13?,19?,20-,21?/m1/s1.